The normalized spacial score (nSPS) is 24.3. The molecule has 0 aliphatic heterocycles. The zero-order valence-electron chi connectivity index (χ0n) is 13.0. The zero-order valence-corrected chi connectivity index (χ0v) is 13.0. The Hall–Kier alpha value is -0.0800. The lowest BCUT2D eigenvalue weighted by atomic mass is 10.1. The fourth-order valence-electron chi connectivity index (χ4n) is 3.26. The van der Waals surface area contributed by atoms with E-state index in [1.54, 1.807) is 0 Å². The van der Waals surface area contributed by atoms with Gasteiger partial charge in [0.2, 0.25) is 0 Å². The van der Waals surface area contributed by atoms with Crippen molar-refractivity contribution in [1.82, 2.24) is 10.2 Å². The Morgan fingerprint density at radius 3 is 2.50 bits per heavy atom. The average Bonchev–Trinajstić information content (AvgIpc) is 2.79. The molecular weight excluding hydrogens is 220 g/mol. The van der Waals surface area contributed by atoms with E-state index in [-0.39, 0.29) is 0 Å². The van der Waals surface area contributed by atoms with E-state index < -0.39 is 0 Å². The summed E-state index contributed by atoms with van der Waals surface area (Å²) in [5.74, 6) is 0. The molecule has 1 aliphatic rings. The minimum Gasteiger partial charge on any atom is -0.312 e. The van der Waals surface area contributed by atoms with Gasteiger partial charge < -0.3 is 5.32 Å². The lowest BCUT2D eigenvalue weighted by Gasteiger charge is -2.36. The molecule has 0 aromatic rings. The highest BCUT2D eigenvalue weighted by atomic mass is 15.2. The van der Waals surface area contributed by atoms with E-state index in [2.05, 4.69) is 37.9 Å². The molecule has 2 nitrogen and oxygen atoms in total. The Balaban J connectivity index is 2.48. The molecule has 0 radical (unpaired) electrons. The van der Waals surface area contributed by atoms with Crippen LogP contribution in [0.25, 0.3) is 0 Å². The Labute approximate surface area is 115 Å². The van der Waals surface area contributed by atoms with Gasteiger partial charge in [-0.25, -0.2) is 0 Å². The van der Waals surface area contributed by atoms with Crippen LogP contribution >= 0.6 is 0 Å². The van der Waals surface area contributed by atoms with Gasteiger partial charge in [0.1, 0.15) is 0 Å². The van der Waals surface area contributed by atoms with E-state index in [0.29, 0.717) is 6.04 Å². The van der Waals surface area contributed by atoms with E-state index in [0.717, 1.165) is 12.1 Å². The van der Waals surface area contributed by atoms with Crippen LogP contribution in [0.2, 0.25) is 0 Å². The van der Waals surface area contributed by atoms with Crippen LogP contribution in [-0.4, -0.2) is 36.1 Å². The maximum atomic E-state index is 3.77. The van der Waals surface area contributed by atoms with Gasteiger partial charge in [0.05, 0.1) is 0 Å². The lowest BCUT2D eigenvalue weighted by Crippen LogP contribution is -2.50. The van der Waals surface area contributed by atoms with Crippen molar-refractivity contribution in [1.29, 1.82) is 0 Å². The SMILES string of the molecule is CCCCCN(C(C)C)C1CCCC1NCCC. The third-order valence-electron chi connectivity index (χ3n) is 4.25. The van der Waals surface area contributed by atoms with Crippen LogP contribution in [0.5, 0.6) is 0 Å². The van der Waals surface area contributed by atoms with Gasteiger partial charge in [-0.3, -0.25) is 4.90 Å². The quantitative estimate of drug-likeness (QED) is 0.630. The number of nitrogens with zero attached hydrogens (tertiary/aromatic N) is 1. The summed E-state index contributed by atoms with van der Waals surface area (Å²) in [6.45, 7) is 11.8. The third-order valence-corrected chi connectivity index (χ3v) is 4.25. The summed E-state index contributed by atoms with van der Waals surface area (Å²) in [5, 5.41) is 3.77. The van der Waals surface area contributed by atoms with Gasteiger partial charge in [-0.1, -0.05) is 33.1 Å². The standard InChI is InChI=1S/C16H34N2/c1-5-7-8-13-18(14(3)4)16-11-9-10-15(16)17-12-6-2/h14-17H,5-13H2,1-4H3. The average molecular weight is 254 g/mol. The van der Waals surface area contributed by atoms with E-state index in [1.165, 1.54) is 58.0 Å². The topological polar surface area (TPSA) is 15.3 Å². The van der Waals surface area contributed by atoms with Gasteiger partial charge in [-0.2, -0.15) is 0 Å². The summed E-state index contributed by atoms with van der Waals surface area (Å²) in [6.07, 6.45) is 9.50. The Kier molecular flexibility index (Phi) is 7.92. The van der Waals surface area contributed by atoms with Gasteiger partial charge in [0.15, 0.2) is 0 Å². The third kappa shape index (κ3) is 4.89. The molecule has 1 fully saturated rings. The van der Waals surface area contributed by atoms with Crippen LogP contribution in [0.15, 0.2) is 0 Å². The number of nitrogens with one attached hydrogen (secondary N) is 1. The second kappa shape index (κ2) is 8.92. The molecule has 0 aromatic carbocycles. The molecule has 2 heteroatoms. The van der Waals surface area contributed by atoms with Gasteiger partial charge in [-0.15, -0.1) is 0 Å². The van der Waals surface area contributed by atoms with Crippen LogP contribution in [-0.2, 0) is 0 Å². The molecule has 0 spiro atoms. The van der Waals surface area contributed by atoms with Gasteiger partial charge in [0, 0.05) is 18.1 Å². The molecule has 0 aromatic heterocycles. The van der Waals surface area contributed by atoms with Crippen molar-refractivity contribution in [2.45, 2.75) is 90.8 Å². The number of rotatable bonds is 9. The first-order valence-corrected chi connectivity index (χ1v) is 8.19. The fraction of sp³-hybridized carbons (Fsp3) is 1.00. The van der Waals surface area contributed by atoms with Crippen LogP contribution in [0.3, 0.4) is 0 Å². The first-order valence-electron chi connectivity index (χ1n) is 8.19. The molecule has 0 amide bonds. The predicted molar refractivity (Wildman–Crippen MR) is 81.1 cm³/mol. The minimum absolute atomic E-state index is 0.691. The number of unbranched alkanes of at least 4 members (excludes halogenated alkanes) is 2. The summed E-state index contributed by atoms with van der Waals surface area (Å²) < 4.78 is 0. The highest BCUT2D eigenvalue weighted by molar-refractivity contribution is 4.91. The Morgan fingerprint density at radius 2 is 1.89 bits per heavy atom. The molecule has 108 valence electrons. The zero-order chi connectivity index (χ0) is 13.4. The van der Waals surface area contributed by atoms with Crippen LogP contribution in [0, 0.1) is 0 Å². The Bertz CT molecular complexity index is 203. The van der Waals surface area contributed by atoms with Crippen LogP contribution in [0.4, 0.5) is 0 Å². The first-order chi connectivity index (χ1) is 8.70. The highest BCUT2D eigenvalue weighted by Crippen LogP contribution is 2.26. The van der Waals surface area contributed by atoms with Gasteiger partial charge in [-0.05, 0) is 52.6 Å². The van der Waals surface area contributed by atoms with E-state index >= 15 is 0 Å². The molecule has 2 atom stereocenters. The maximum Gasteiger partial charge on any atom is 0.0252 e. The molecule has 1 aliphatic carbocycles. The molecule has 0 bridgehead atoms. The highest BCUT2D eigenvalue weighted by Gasteiger charge is 2.32. The largest absolute Gasteiger partial charge is 0.312 e. The Morgan fingerprint density at radius 1 is 1.11 bits per heavy atom. The smallest absolute Gasteiger partial charge is 0.0252 e. The summed E-state index contributed by atoms with van der Waals surface area (Å²) in [6, 6.07) is 2.22. The van der Waals surface area contributed by atoms with Crippen molar-refractivity contribution in [2.24, 2.45) is 0 Å². The molecule has 0 heterocycles. The van der Waals surface area contributed by atoms with Gasteiger partial charge in [0.25, 0.3) is 0 Å². The van der Waals surface area contributed by atoms with Crippen molar-refractivity contribution in [2.75, 3.05) is 13.1 Å². The minimum atomic E-state index is 0.691. The number of hydrogen-bond donors (Lipinski definition) is 1. The second-order valence-electron chi connectivity index (χ2n) is 6.10. The predicted octanol–water partition coefficient (Wildman–Crippen LogP) is 3.81. The lowest BCUT2D eigenvalue weighted by molar-refractivity contribution is 0.131. The van der Waals surface area contributed by atoms with E-state index in [4.69, 9.17) is 0 Å². The second-order valence-corrected chi connectivity index (χ2v) is 6.10. The molecule has 18 heavy (non-hydrogen) atoms. The van der Waals surface area contributed by atoms with Crippen LogP contribution < -0.4 is 5.32 Å². The molecule has 1 N–H and O–H groups in total. The van der Waals surface area contributed by atoms with E-state index in [1.807, 2.05) is 0 Å². The molecule has 0 saturated heterocycles. The molecule has 2 unspecified atom stereocenters. The van der Waals surface area contributed by atoms with Crippen molar-refractivity contribution in [3.63, 3.8) is 0 Å². The molecule has 1 rings (SSSR count). The summed E-state index contributed by atoms with van der Waals surface area (Å²) in [4.78, 5) is 2.76. The molecule has 1 saturated carbocycles. The maximum absolute atomic E-state index is 3.77. The van der Waals surface area contributed by atoms with Gasteiger partial charge >= 0.3 is 0 Å². The van der Waals surface area contributed by atoms with Crippen molar-refractivity contribution < 1.29 is 0 Å². The first kappa shape index (κ1) is 16.0. The fourth-order valence-corrected chi connectivity index (χ4v) is 3.26. The number of hydrogen-bond acceptors (Lipinski definition) is 2. The summed E-state index contributed by atoms with van der Waals surface area (Å²) in [7, 11) is 0. The van der Waals surface area contributed by atoms with Crippen molar-refractivity contribution in [3.8, 4) is 0 Å². The monoisotopic (exact) mass is 254 g/mol. The van der Waals surface area contributed by atoms with Crippen LogP contribution in [0.1, 0.15) is 72.6 Å². The molecular formula is C16H34N2. The summed E-state index contributed by atoms with van der Waals surface area (Å²) in [5.41, 5.74) is 0. The van der Waals surface area contributed by atoms with Crippen molar-refractivity contribution >= 4 is 0 Å². The van der Waals surface area contributed by atoms with E-state index in [9.17, 15) is 0 Å². The summed E-state index contributed by atoms with van der Waals surface area (Å²) >= 11 is 0. The van der Waals surface area contributed by atoms with Crippen molar-refractivity contribution in [3.05, 3.63) is 0 Å².